The van der Waals surface area contributed by atoms with Crippen molar-refractivity contribution in [3.8, 4) is 5.75 Å². The molecule has 0 spiro atoms. The lowest BCUT2D eigenvalue weighted by Crippen LogP contribution is -2.08. The van der Waals surface area contributed by atoms with E-state index >= 15 is 0 Å². The fourth-order valence-corrected chi connectivity index (χ4v) is 1.32. The zero-order valence-corrected chi connectivity index (χ0v) is 9.60. The van der Waals surface area contributed by atoms with Gasteiger partial charge in [0.05, 0.1) is 17.7 Å². The minimum atomic E-state index is -4.45. The number of hydrogen-bond acceptors (Lipinski definition) is 2. The van der Waals surface area contributed by atoms with E-state index < -0.39 is 17.5 Å². The van der Waals surface area contributed by atoms with E-state index in [4.69, 9.17) is 4.74 Å². The van der Waals surface area contributed by atoms with Crippen LogP contribution in [0.25, 0.3) is 0 Å². The summed E-state index contributed by atoms with van der Waals surface area (Å²) >= 11 is 0. The van der Waals surface area contributed by atoms with Gasteiger partial charge in [-0.2, -0.15) is 13.2 Å². The van der Waals surface area contributed by atoms with Crippen LogP contribution in [0.3, 0.4) is 0 Å². The van der Waals surface area contributed by atoms with Gasteiger partial charge in [-0.3, -0.25) is 4.79 Å². The predicted octanol–water partition coefficient (Wildman–Crippen LogP) is 3.70. The molecular weight excluding hydrogens is 233 g/mol. The molecule has 0 N–H and O–H groups in total. The number of carbonyl (C=O) groups is 1. The van der Waals surface area contributed by atoms with E-state index in [0.717, 1.165) is 18.6 Å². The van der Waals surface area contributed by atoms with Gasteiger partial charge in [0.15, 0.2) is 5.78 Å². The maximum Gasteiger partial charge on any atom is 0.416 e. The Balaban J connectivity index is 3.13. The van der Waals surface area contributed by atoms with Crippen LogP contribution in [0, 0.1) is 0 Å². The maximum atomic E-state index is 12.5. The first-order chi connectivity index (χ1) is 7.86. The third-order valence-electron chi connectivity index (χ3n) is 2.15. The highest BCUT2D eigenvalue weighted by molar-refractivity contribution is 5.97. The van der Waals surface area contributed by atoms with Crippen molar-refractivity contribution < 1.29 is 22.7 Å². The lowest BCUT2D eigenvalue weighted by molar-refractivity contribution is -0.137. The second kappa shape index (κ2) is 5.21. The van der Waals surface area contributed by atoms with Crippen LogP contribution < -0.4 is 4.74 Å². The average Bonchev–Trinajstić information content (AvgIpc) is 2.24. The van der Waals surface area contributed by atoms with E-state index in [1.807, 2.05) is 6.92 Å². The summed E-state index contributed by atoms with van der Waals surface area (Å²) in [6.07, 6.45) is -3.73. The summed E-state index contributed by atoms with van der Waals surface area (Å²) in [5.74, 6) is -0.241. The van der Waals surface area contributed by atoms with E-state index in [-0.39, 0.29) is 11.3 Å². The number of benzene rings is 1. The molecule has 94 valence electrons. The molecule has 0 saturated heterocycles. The van der Waals surface area contributed by atoms with E-state index in [2.05, 4.69) is 0 Å². The largest absolute Gasteiger partial charge is 0.493 e. The summed E-state index contributed by atoms with van der Waals surface area (Å²) in [6, 6.07) is 2.93. The van der Waals surface area contributed by atoms with Gasteiger partial charge in [-0.05, 0) is 31.5 Å². The van der Waals surface area contributed by atoms with Crippen LogP contribution in [0.1, 0.15) is 36.2 Å². The van der Waals surface area contributed by atoms with Crippen molar-refractivity contribution in [1.29, 1.82) is 0 Å². The SMILES string of the molecule is CCCOc1ccc(C(F)(F)F)cc1C(C)=O. The third kappa shape index (κ3) is 3.47. The Morgan fingerprint density at radius 3 is 2.47 bits per heavy atom. The van der Waals surface area contributed by atoms with Crippen molar-refractivity contribution >= 4 is 5.78 Å². The van der Waals surface area contributed by atoms with Crippen LogP contribution in [0.4, 0.5) is 13.2 Å². The molecule has 0 aliphatic rings. The van der Waals surface area contributed by atoms with Gasteiger partial charge >= 0.3 is 6.18 Å². The predicted molar refractivity (Wildman–Crippen MR) is 57.2 cm³/mol. The van der Waals surface area contributed by atoms with E-state index in [1.165, 1.54) is 13.0 Å². The summed E-state index contributed by atoms with van der Waals surface area (Å²) < 4.78 is 42.6. The Bertz CT molecular complexity index is 411. The first kappa shape index (κ1) is 13.5. The number of ketones is 1. The number of carbonyl (C=O) groups excluding carboxylic acids is 1. The topological polar surface area (TPSA) is 26.3 Å². The number of Topliss-reactive ketones (excluding diaryl/α,β-unsaturated/α-hetero) is 1. The maximum absolute atomic E-state index is 12.5. The lowest BCUT2D eigenvalue weighted by Gasteiger charge is -2.12. The molecule has 0 radical (unpaired) electrons. The molecule has 0 fully saturated rings. The van der Waals surface area contributed by atoms with Crippen molar-refractivity contribution in [2.45, 2.75) is 26.4 Å². The lowest BCUT2D eigenvalue weighted by atomic mass is 10.1. The van der Waals surface area contributed by atoms with Crippen LogP contribution in [0.15, 0.2) is 18.2 Å². The average molecular weight is 246 g/mol. The zero-order chi connectivity index (χ0) is 13.1. The summed E-state index contributed by atoms with van der Waals surface area (Å²) in [6.45, 7) is 3.46. The molecule has 0 saturated carbocycles. The smallest absolute Gasteiger partial charge is 0.416 e. The van der Waals surface area contributed by atoms with Crippen LogP contribution in [0.5, 0.6) is 5.75 Å². The minimum Gasteiger partial charge on any atom is -0.493 e. The molecule has 17 heavy (non-hydrogen) atoms. The molecule has 0 amide bonds. The van der Waals surface area contributed by atoms with Gasteiger partial charge in [-0.15, -0.1) is 0 Å². The second-order valence-electron chi connectivity index (χ2n) is 3.61. The van der Waals surface area contributed by atoms with Gasteiger partial charge in [0.2, 0.25) is 0 Å². The Kier molecular flexibility index (Phi) is 4.15. The minimum absolute atomic E-state index is 0.0340. The Labute approximate surface area is 97.4 Å². The molecular formula is C12H13F3O2. The highest BCUT2D eigenvalue weighted by Crippen LogP contribution is 2.32. The van der Waals surface area contributed by atoms with Gasteiger partial charge in [0.25, 0.3) is 0 Å². The van der Waals surface area contributed by atoms with Gasteiger partial charge in [-0.1, -0.05) is 6.92 Å². The Hall–Kier alpha value is -1.52. The molecule has 5 heteroatoms. The van der Waals surface area contributed by atoms with Crippen LogP contribution in [-0.4, -0.2) is 12.4 Å². The molecule has 0 bridgehead atoms. The number of halogens is 3. The van der Waals surface area contributed by atoms with Gasteiger partial charge in [0.1, 0.15) is 5.75 Å². The number of hydrogen-bond donors (Lipinski definition) is 0. The van der Waals surface area contributed by atoms with Gasteiger partial charge in [0, 0.05) is 0 Å². The quantitative estimate of drug-likeness (QED) is 0.757. The van der Waals surface area contributed by atoms with E-state index in [9.17, 15) is 18.0 Å². The summed E-state index contributed by atoms with van der Waals surface area (Å²) in [5, 5.41) is 0. The molecule has 0 aromatic heterocycles. The molecule has 0 aliphatic heterocycles. The molecule has 0 heterocycles. The first-order valence-electron chi connectivity index (χ1n) is 5.21. The van der Waals surface area contributed by atoms with Crippen LogP contribution >= 0.6 is 0 Å². The molecule has 1 rings (SSSR count). The van der Waals surface area contributed by atoms with Gasteiger partial charge in [-0.25, -0.2) is 0 Å². The molecule has 0 aliphatic carbocycles. The molecule has 0 unspecified atom stereocenters. The first-order valence-corrected chi connectivity index (χ1v) is 5.21. The molecule has 0 atom stereocenters. The van der Waals surface area contributed by atoms with Crippen molar-refractivity contribution in [1.82, 2.24) is 0 Å². The van der Waals surface area contributed by atoms with E-state index in [0.29, 0.717) is 6.61 Å². The van der Waals surface area contributed by atoms with Gasteiger partial charge < -0.3 is 4.74 Å². The number of rotatable bonds is 4. The summed E-state index contributed by atoms with van der Waals surface area (Å²) in [4.78, 5) is 11.3. The second-order valence-corrected chi connectivity index (χ2v) is 3.61. The van der Waals surface area contributed by atoms with Crippen molar-refractivity contribution in [3.05, 3.63) is 29.3 Å². The number of alkyl halides is 3. The van der Waals surface area contributed by atoms with E-state index in [1.54, 1.807) is 0 Å². The van der Waals surface area contributed by atoms with Crippen molar-refractivity contribution in [2.75, 3.05) is 6.61 Å². The van der Waals surface area contributed by atoms with Crippen LogP contribution in [-0.2, 0) is 6.18 Å². The molecule has 2 nitrogen and oxygen atoms in total. The number of ether oxygens (including phenoxy) is 1. The highest BCUT2D eigenvalue weighted by atomic mass is 19.4. The standard InChI is InChI=1S/C12H13F3O2/c1-3-6-17-11-5-4-9(12(13,14)15)7-10(11)8(2)16/h4-5,7H,3,6H2,1-2H3. The summed E-state index contributed by atoms with van der Waals surface area (Å²) in [7, 11) is 0. The normalized spacial score (nSPS) is 11.4. The Morgan fingerprint density at radius 2 is 2.00 bits per heavy atom. The zero-order valence-electron chi connectivity index (χ0n) is 9.60. The van der Waals surface area contributed by atoms with Crippen molar-refractivity contribution in [3.63, 3.8) is 0 Å². The summed E-state index contributed by atoms with van der Waals surface area (Å²) in [5.41, 5.74) is -0.875. The molecule has 1 aromatic carbocycles. The fourth-order valence-electron chi connectivity index (χ4n) is 1.32. The fraction of sp³-hybridized carbons (Fsp3) is 0.417. The third-order valence-corrected chi connectivity index (χ3v) is 2.15. The monoisotopic (exact) mass is 246 g/mol. The Morgan fingerprint density at radius 1 is 1.35 bits per heavy atom. The molecule has 1 aromatic rings. The van der Waals surface area contributed by atoms with Crippen molar-refractivity contribution in [2.24, 2.45) is 0 Å². The highest BCUT2D eigenvalue weighted by Gasteiger charge is 2.31. The van der Waals surface area contributed by atoms with Crippen LogP contribution in [0.2, 0.25) is 0 Å².